The van der Waals surface area contributed by atoms with Gasteiger partial charge in [0.25, 0.3) is 0 Å². The van der Waals surface area contributed by atoms with E-state index >= 15 is 0 Å². The number of hydrogen-bond donors (Lipinski definition) is 0. The van der Waals surface area contributed by atoms with Crippen LogP contribution in [0.15, 0.2) is 24.3 Å². The number of benzene rings is 1. The average molecular weight is 302 g/mol. The van der Waals surface area contributed by atoms with Gasteiger partial charge in [-0.05, 0) is 75.7 Å². The highest BCUT2D eigenvalue weighted by Gasteiger charge is 2.28. The molecule has 124 valence electrons. The Hall–Kier alpha value is -0.820. The number of nitrogens with zero attached hydrogens (tertiary/aromatic N) is 1. The van der Waals surface area contributed by atoms with Gasteiger partial charge in [0, 0.05) is 0 Å². The third-order valence-electron chi connectivity index (χ3n) is 5.36. The quantitative estimate of drug-likeness (QED) is 0.505. The van der Waals surface area contributed by atoms with Crippen molar-refractivity contribution in [3.8, 4) is 0 Å². The van der Waals surface area contributed by atoms with Gasteiger partial charge in [-0.25, -0.2) is 0 Å². The molecule has 0 spiro atoms. The van der Waals surface area contributed by atoms with E-state index in [9.17, 15) is 0 Å². The van der Waals surface area contributed by atoms with E-state index in [-0.39, 0.29) is 0 Å². The Bertz CT molecular complexity index is 424. The first-order chi connectivity index (χ1) is 10.7. The first-order valence-corrected chi connectivity index (χ1v) is 9.45. The maximum absolute atomic E-state index is 2.40. The largest absolute Gasteiger partial charge is 0.309 e. The molecule has 0 radical (unpaired) electrons. The van der Waals surface area contributed by atoms with Gasteiger partial charge in [-0.3, -0.25) is 0 Å². The molecule has 2 unspecified atom stereocenters. The summed E-state index contributed by atoms with van der Waals surface area (Å²) in [5.41, 5.74) is 3.30. The number of fused-ring (bicyclic) bond motifs is 1. The van der Waals surface area contributed by atoms with E-state index in [2.05, 4.69) is 50.2 Å². The van der Waals surface area contributed by atoms with Gasteiger partial charge < -0.3 is 4.90 Å². The van der Waals surface area contributed by atoms with Gasteiger partial charge in [0.15, 0.2) is 0 Å². The smallest absolute Gasteiger partial charge is 0.00248 e. The molecule has 0 saturated carbocycles. The SMILES string of the molecule is CCCCCC(CCCCN(C)C)C1CCc2ccccc21. The zero-order valence-corrected chi connectivity index (χ0v) is 15.0. The highest BCUT2D eigenvalue weighted by atomic mass is 15.0. The standard InChI is InChI=1S/C21H35N/c1-4-5-6-11-18(13-9-10-17-22(2)3)21-16-15-19-12-7-8-14-20(19)21/h7-8,12,14,18,21H,4-6,9-11,13,15-17H2,1-3H3. The molecule has 1 heteroatoms. The molecule has 0 aromatic heterocycles. The first kappa shape index (κ1) is 17.5. The lowest BCUT2D eigenvalue weighted by Crippen LogP contribution is -2.15. The molecule has 1 aromatic rings. The van der Waals surface area contributed by atoms with E-state index in [1.807, 2.05) is 0 Å². The summed E-state index contributed by atoms with van der Waals surface area (Å²) in [6, 6.07) is 9.21. The van der Waals surface area contributed by atoms with E-state index in [4.69, 9.17) is 0 Å². The van der Waals surface area contributed by atoms with Crippen molar-refractivity contribution < 1.29 is 0 Å². The van der Waals surface area contributed by atoms with Crippen molar-refractivity contribution in [3.63, 3.8) is 0 Å². The summed E-state index contributed by atoms with van der Waals surface area (Å²) >= 11 is 0. The fourth-order valence-electron chi connectivity index (χ4n) is 4.12. The molecule has 0 heterocycles. The van der Waals surface area contributed by atoms with Crippen molar-refractivity contribution in [2.45, 2.75) is 70.6 Å². The van der Waals surface area contributed by atoms with Crippen molar-refractivity contribution in [2.75, 3.05) is 20.6 Å². The van der Waals surface area contributed by atoms with E-state index in [0.29, 0.717) is 0 Å². The normalized spacial score (nSPS) is 18.6. The molecule has 22 heavy (non-hydrogen) atoms. The van der Waals surface area contributed by atoms with Crippen LogP contribution in [0.25, 0.3) is 0 Å². The predicted molar refractivity (Wildman–Crippen MR) is 97.5 cm³/mol. The Kier molecular flexibility index (Phi) is 7.45. The van der Waals surface area contributed by atoms with Crippen LogP contribution in [0.3, 0.4) is 0 Å². The molecule has 1 nitrogen and oxygen atoms in total. The Morgan fingerprint density at radius 1 is 1.05 bits per heavy atom. The second-order valence-electron chi connectivity index (χ2n) is 7.40. The topological polar surface area (TPSA) is 3.24 Å². The van der Waals surface area contributed by atoms with Gasteiger partial charge in [-0.15, -0.1) is 0 Å². The Morgan fingerprint density at radius 2 is 1.77 bits per heavy atom. The van der Waals surface area contributed by atoms with Crippen LogP contribution in [-0.4, -0.2) is 25.5 Å². The monoisotopic (exact) mass is 301 g/mol. The molecular formula is C21H35N. The molecule has 0 N–H and O–H groups in total. The van der Waals surface area contributed by atoms with E-state index in [0.717, 1.165) is 11.8 Å². The maximum Gasteiger partial charge on any atom is -0.00248 e. The zero-order chi connectivity index (χ0) is 15.8. The second-order valence-corrected chi connectivity index (χ2v) is 7.40. The number of unbranched alkanes of at least 4 members (excludes halogenated alkanes) is 3. The number of aryl methyl sites for hydroxylation is 1. The molecule has 2 rings (SSSR count). The van der Waals surface area contributed by atoms with Gasteiger partial charge in [-0.2, -0.15) is 0 Å². The van der Waals surface area contributed by atoms with Crippen LogP contribution in [0.1, 0.15) is 75.3 Å². The lowest BCUT2D eigenvalue weighted by atomic mass is 9.80. The van der Waals surface area contributed by atoms with Crippen LogP contribution < -0.4 is 0 Å². The zero-order valence-electron chi connectivity index (χ0n) is 15.0. The summed E-state index contributed by atoms with van der Waals surface area (Å²) in [6.07, 6.45) is 12.5. The minimum Gasteiger partial charge on any atom is -0.309 e. The highest BCUT2D eigenvalue weighted by Crippen LogP contribution is 2.42. The van der Waals surface area contributed by atoms with E-state index in [1.165, 1.54) is 64.3 Å². The summed E-state index contributed by atoms with van der Waals surface area (Å²) < 4.78 is 0. The van der Waals surface area contributed by atoms with E-state index in [1.54, 1.807) is 11.1 Å². The van der Waals surface area contributed by atoms with Crippen LogP contribution in [0.2, 0.25) is 0 Å². The summed E-state index contributed by atoms with van der Waals surface area (Å²) in [6.45, 7) is 3.56. The molecule has 1 aliphatic rings. The third-order valence-corrected chi connectivity index (χ3v) is 5.36. The van der Waals surface area contributed by atoms with Crippen molar-refractivity contribution in [3.05, 3.63) is 35.4 Å². The predicted octanol–water partition coefficient (Wildman–Crippen LogP) is 5.64. The van der Waals surface area contributed by atoms with Gasteiger partial charge in [0.2, 0.25) is 0 Å². The van der Waals surface area contributed by atoms with Crippen molar-refractivity contribution in [2.24, 2.45) is 5.92 Å². The van der Waals surface area contributed by atoms with Crippen molar-refractivity contribution >= 4 is 0 Å². The minimum atomic E-state index is 0.840. The van der Waals surface area contributed by atoms with Crippen LogP contribution in [0, 0.1) is 5.92 Å². The van der Waals surface area contributed by atoms with Crippen LogP contribution in [0.5, 0.6) is 0 Å². The summed E-state index contributed by atoms with van der Waals surface area (Å²) in [7, 11) is 4.37. The van der Waals surface area contributed by atoms with Crippen LogP contribution in [0.4, 0.5) is 0 Å². The van der Waals surface area contributed by atoms with Crippen molar-refractivity contribution in [1.82, 2.24) is 4.90 Å². The molecule has 0 saturated heterocycles. The van der Waals surface area contributed by atoms with Crippen LogP contribution >= 0.6 is 0 Å². The molecule has 0 bridgehead atoms. The molecule has 0 aliphatic heterocycles. The summed E-state index contributed by atoms with van der Waals surface area (Å²) in [5, 5.41) is 0. The lowest BCUT2D eigenvalue weighted by molar-refractivity contribution is 0.326. The van der Waals surface area contributed by atoms with Crippen molar-refractivity contribution in [1.29, 1.82) is 0 Å². The molecular weight excluding hydrogens is 266 g/mol. The fraction of sp³-hybridized carbons (Fsp3) is 0.714. The second kappa shape index (κ2) is 9.35. The van der Waals surface area contributed by atoms with E-state index < -0.39 is 0 Å². The van der Waals surface area contributed by atoms with Gasteiger partial charge in [0.05, 0.1) is 0 Å². The minimum absolute atomic E-state index is 0.840. The van der Waals surface area contributed by atoms with Gasteiger partial charge in [0.1, 0.15) is 0 Å². The summed E-state index contributed by atoms with van der Waals surface area (Å²) in [5.74, 6) is 1.75. The Labute approximate surface area is 138 Å². The lowest BCUT2D eigenvalue weighted by Gasteiger charge is -2.25. The third kappa shape index (κ3) is 5.12. The van der Waals surface area contributed by atoms with Gasteiger partial charge in [-0.1, -0.05) is 56.9 Å². The molecule has 2 atom stereocenters. The fourth-order valence-corrected chi connectivity index (χ4v) is 4.12. The van der Waals surface area contributed by atoms with Crippen LogP contribution in [-0.2, 0) is 6.42 Å². The number of hydrogen-bond acceptors (Lipinski definition) is 1. The molecule has 1 aromatic carbocycles. The Balaban J connectivity index is 1.92. The molecule has 0 amide bonds. The average Bonchev–Trinajstić information content (AvgIpc) is 2.93. The maximum atomic E-state index is 2.40. The number of rotatable bonds is 10. The highest BCUT2D eigenvalue weighted by molar-refractivity contribution is 5.35. The molecule has 0 fully saturated rings. The Morgan fingerprint density at radius 3 is 2.50 bits per heavy atom. The summed E-state index contributed by atoms with van der Waals surface area (Å²) in [4.78, 5) is 2.32. The first-order valence-electron chi connectivity index (χ1n) is 9.45. The van der Waals surface area contributed by atoms with Gasteiger partial charge >= 0.3 is 0 Å². The molecule has 1 aliphatic carbocycles.